The highest BCUT2D eigenvalue weighted by atomic mass is 16.4. The minimum absolute atomic E-state index is 0.0147. The first-order chi connectivity index (χ1) is 17.8. The van der Waals surface area contributed by atoms with E-state index in [1.165, 1.54) is 12.5 Å². The number of H-pyrrole nitrogens is 1. The van der Waals surface area contributed by atoms with E-state index in [-0.39, 0.29) is 32.1 Å². The number of aromatic nitrogens is 2. The van der Waals surface area contributed by atoms with Crippen LogP contribution in [0.1, 0.15) is 45.6 Å². The third-order valence-electron chi connectivity index (χ3n) is 5.11. The lowest BCUT2D eigenvalue weighted by Crippen LogP contribution is -2.55. The first kappa shape index (κ1) is 28.9. The zero-order valence-electron chi connectivity index (χ0n) is 20.8. The summed E-state index contributed by atoms with van der Waals surface area (Å²) in [5, 5.41) is 15.6. The van der Waals surface area contributed by atoms with Crippen molar-refractivity contribution in [3.8, 4) is 0 Å². The van der Waals surface area contributed by atoms with Crippen molar-refractivity contribution in [2.24, 2.45) is 11.5 Å². The van der Waals surface area contributed by atoms with Crippen LogP contribution in [-0.4, -0.2) is 81.0 Å². The second-order valence-electron chi connectivity index (χ2n) is 8.03. The average Bonchev–Trinajstić information content (AvgIpc) is 3.34. The van der Waals surface area contributed by atoms with Crippen molar-refractivity contribution in [2.45, 2.75) is 69.1 Å². The van der Waals surface area contributed by atoms with Gasteiger partial charge >= 0.3 is 5.97 Å². The summed E-state index contributed by atoms with van der Waals surface area (Å²) in [7, 11) is 0. The van der Waals surface area contributed by atoms with Crippen molar-refractivity contribution < 1.29 is 40.0 Å². The number of carbonyl (C=O) groups excluding carboxylic acids is 6. The predicted octanol–water partition coefficient (Wildman–Crippen LogP) is -3.35. The number of carboxylic acid groups (broad SMARTS) is 1. The standard InChI is InChI=1S/C21H31N8O8/c22-12(3-6-17(32)33)20(36)29-14(21(37)28-13(18(23)34)2-1-7-30)4-5-16(31)27-15(19(24)35)8-11-9-25-10-26-11/h7,9-10,12-15,22H,1-6,8H2,(H2,23,34)(H2,24,35)(H,25,26)(H,27,31)(H,28,37)(H,29,36)(H,32,33)/i7T. The van der Waals surface area contributed by atoms with Crippen LogP contribution in [0.4, 0.5) is 0 Å². The topological polar surface area (TPSA) is 280 Å². The van der Waals surface area contributed by atoms with Gasteiger partial charge in [0.1, 0.15) is 31.8 Å². The molecule has 1 radical (unpaired) electrons. The van der Waals surface area contributed by atoms with Gasteiger partial charge in [-0.05, 0) is 19.3 Å². The first-order valence-electron chi connectivity index (χ1n) is 11.7. The molecule has 0 aromatic carbocycles. The molecule has 0 saturated heterocycles. The Morgan fingerprint density at radius 2 is 1.65 bits per heavy atom. The van der Waals surface area contributed by atoms with E-state index in [1.54, 1.807) is 0 Å². The van der Waals surface area contributed by atoms with Crippen LogP contribution in [0.3, 0.4) is 0 Å². The van der Waals surface area contributed by atoms with Crippen LogP contribution < -0.4 is 33.2 Å². The van der Waals surface area contributed by atoms with Crippen LogP contribution in [0.15, 0.2) is 12.5 Å². The maximum absolute atomic E-state index is 12.8. The van der Waals surface area contributed by atoms with Gasteiger partial charge in [-0.2, -0.15) is 0 Å². The first-order valence-corrected chi connectivity index (χ1v) is 11.2. The highest BCUT2D eigenvalue weighted by Gasteiger charge is 2.29. The number of amides is 5. The lowest BCUT2D eigenvalue weighted by Gasteiger charge is -2.23. The van der Waals surface area contributed by atoms with Crippen molar-refractivity contribution in [3.05, 3.63) is 18.2 Å². The van der Waals surface area contributed by atoms with E-state index in [0.29, 0.717) is 5.69 Å². The summed E-state index contributed by atoms with van der Waals surface area (Å²) in [5.74, 6) is -5.75. The summed E-state index contributed by atoms with van der Waals surface area (Å²) in [5.41, 5.74) is 18.9. The largest absolute Gasteiger partial charge is 0.481 e. The molecule has 1 aromatic heterocycles. The monoisotopic (exact) mass is 525 g/mol. The van der Waals surface area contributed by atoms with Gasteiger partial charge < -0.3 is 42.3 Å². The molecule has 10 N–H and O–H groups in total. The van der Waals surface area contributed by atoms with Gasteiger partial charge in [0.2, 0.25) is 29.5 Å². The minimum atomic E-state index is -1.54. The molecule has 0 spiro atoms. The second kappa shape index (κ2) is 15.6. The summed E-state index contributed by atoms with van der Waals surface area (Å²) in [6.07, 6.45) is -0.430. The number of hydrogen-bond donors (Lipinski definition) is 7. The van der Waals surface area contributed by atoms with Crippen LogP contribution in [-0.2, 0) is 40.0 Å². The lowest BCUT2D eigenvalue weighted by molar-refractivity contribution is -0.137. The van der Waals surface area contributed by atoms with E-state index >= 15 is 0 Å². The minimum Gasteiger partial charge on any atom is -0.481 e. The maximum Gasteiger partial charge on any atom is 0.303 e. The Labute approximate surface area is 212 Å². The fraction of sp³-hybridized carbons (Fsp3) is 0.524. The van der Waals surface area contributed by atoms with Gasteiger partial charge in [0.25, 0.3) is 0 Å². The SMILES string of the molecule is [3H]C(=O)CCC(NC(=O)C(CCC(=O)NC(Cc1cnc[nH]1)C(N)=O)NC(=O)C([NH])CCC(=O)O)C(N)=O. The number of aldehydes is 1. The van der Waals surface area contributed by atoms with Gasteiger partial charge in [-0.1, -0.05) is 0 Å². The zero-order valence-corrected chi connectivity index (χ0v) is 19.8. The van der Waals surface area contributed by atoms with Crippen LogP contribution in [0, 0.1) is 0 Å². The summed E-state index contributed by atoms with van der Waals surface area (Å²) >= 11 is 0. The molecule has 0 bridgehead atoms. The van der Waals surface area contributed by atoms with Crippen LogP contribution in [0.2, 0.25) is 0 Å². The zero-order chi connectivity index (χ0) is 28.8. The van der Waals surface area contributed by atoms with E-state index in [9.17, 15) is 33.6 Å². The number of aliphatic carboxylic acids is 1. The Bertz CT molecular complexity index is 1020. The third kappa shape index (κ3) is 11.8. The summed E-state index contributed by atoms with van der Waals surface area (Å²) in [6.45, 7) is 0. The van der Waals surface area contributed by atoms with E-state index in [0.717, 1.165) is 0 Å². The van der Waals surface area contributed by atoms with Crippen molar-refractivity contribution in [1.29, 1.82) is 0 Å². The molecule has 1 aromatic rings. The molecule has 0 saturated carbocycles. The van der Waals surface area contributed by atoms with E-state index in [2.05, 4.69) is 25.9 Å². The van der Waals surface area contributed by atoms with Gasteiger partial charge in [0.05, 0.1) is 6.33 Å². The number of nitrogens with zero attached hydrogens (tertiary/aromatic N) is 1. The molecule has 4 unspecified atom stereocenters. The van der Waals surface area contributed by atoms with Crippen molar-refractivity contribution in [3.63, 3.8) is 0 Å². The van der Waals surface area contributed by atoms with E-state index in [1.807, 2.05) is 0 Å². The quantitative estimate of drug-likeness (QED) is 0.0941. The van der Waals surface area contributed by atoms with Gasteiger partial charge in [0.15, 0.2) is 0 Å². The summed E-state index contributed by atoms with van der Waals surface area (Å²) < 4.78 is 6.94. The van der Waals surface area contributed by atoms with Crippen molar-refractivity contribution in [1.82, 2.24) is 31.7 Å². The smallest absolute Gasteiger partial charge is 0.303 e. The molecule has 203 valence electrons. The molecule has 0 aliphatic heterocycles. The van der Waals surface area contributed by atoms with E-state index in [4.69, 9.17) is 23.7 Å². The summed E-state index contributed by atoms with van der Waals surface area (Å²) in [6, 6.07) is -5.49. The Hall–Kier alpha value is -4.34. The molecule has 16 nitrogen and oxygen atoms in total. The molecule has 4 atom stereocenters. The number of aromatic amines is 1. The number of imidazole rings is 1. The lowest BCUT2D eigenvalue weighted by atomic mass is 10.1. The Balaban J connectivity index is 2.92. The van der Waals surface area contributed by atoms with Crippen LogP contribution in [0.25, 0.3) is 0 Å². The molecular formula is C21H31N8O8. The van der Waals surface area contributed by atoms with Gasteiger partial charge in [-0.25, -0.2) is 10.7 Å². The number of carboxylic acids is 1. The van der Waals surface area contributed by atoms with Crippen LogP contribution >= 0.6 is 0 Å². The van der Waals surface area contributed by atoms with E-state index < -0.39 is 78.8 Å². The number of carbonyl (C=O) groups is 7. The normalized spacial score (nSPS) is 14.2. The Morgan fingerprint density at radius 1 is 1.00 bits per heavy atom. The fourth-order valence-corrected chi connectivity index (χ4v) is 3.08. The number of hydrogen-bond acceptors (Lipinski definition) is 8. The Kier molecular flexibility index (Phi) is 12.2. The molecule has 37 heavy (non-hydrogen) atoms. The van der Waals surface area contributed by atoms with Gasteiger partial charge in [0, 0.05) is 37.6 Å². The molecule has 16 heteroatoms. The molecule has 1 rings (SSSR count). The second-order valence-corrected chi connectivity index (χ2v) is 8.03. The molecule has 0 aliphatic carbocycles. The number of nitrogens with two attached hydrogens (primary N) is 2. The third-order valence-corrected chi connectivity index (χ3v) is 5.11. The van der Waals surface area contributed by atoms with Crippen molar-refractivity contribution in [2.75, 3.05) is 0 Å². The maximum atomic E-state index is 12.8. The van der Waals surface area contributed by atoms with Crippen LogP contribution in [0.5, 0.6) is 0 Å². The van der Waals surface area contributed by atoms with Crippen molar-refractivity contribution >= 4 is 41.8 Å². The molecule has 5 amide bonds. The average molecular weight is 526 g/mol. The molecule has 1 heterocycles. The number of nitrogens with one attached hydrogen (secondary N) is 5. The number of primary amides is 2. The predicted molar refractivity (Wildman–Crippen MR) is 125 cm³/mol. The highest BCUT2D eigenvalue weighted by molar-refractivity contribution is 5.93. The Morgan fingerprint density at radius 3 is 2.19 bits per heavy atom. The number of rotatable bonds is 18. The molecular weight excluding hydrogens is 492 g/mol. The molecule has 0 aliphatic rings. The fourth-order valence-electron chi connectivity index (χ4n) is 3.08. The molecule has 0 fully saturated rings. The van der Waals surface area contributed by atoms with Gasteiger partial charge in [-0.15, -0.1) is 0 Å². The van der Waals surface area contributed by atoms with Gasteiger partial charge in [-0.3, -0.25) is 28.8 Å². The summed E-state index contributed by atoms with van der Waals surface area (Å²) in [4.78, 5) is 89.4. The highest BCUT2D eigenvalue weighted by Crippen LogP contribution is 2.06.